The highest BCUT2D eigenvalue weighted by molar-refractivity contribution is 7.98. The van der Waals surface area contributed by atoms with E-state index < -0.39 is 10.0 Å². The predicted molar refractivity (Wildman–Crippen MR) is 92.9 cm³/mol. The van der Waals surface area contributed by atoms with Crippen molar-refractivity contribution >= 4 is 21.8 Å². The second kappa shape index (κ2) is 7.34. The molecule has 2 aromatic rings. The molecule has 0 amide bonds. The number of hydrogen-bond acceptors (Lipinski definition) is 5. The van der Waals surface area contributed by atoms with Crippen LogP contribution >= 0.6 is 11.8 Å². The van der Waals surface area contributed by atoms with Gasteiger partial charge in [0, 0.05) is 25.0 Å². The monoisotopic (exact) mass is 359 g/mol. The first-order valence-electron chi connectivity index (χ1n) is 7.67. The van der Waals surface area contributed by atoms with Gasteiger partial charge < -0.3 is 0 Å². The lowest BCUT2D eigenvalue weighted by molar-refractivity contribution is 0.477. The quantitative estimate of drug-likeness (QED) is 0.767. The molecule has 0 aliphatic carbocycles. The van der Waals surface area contributed by atoms with Gasteiger partial charge in [-0.3, -0.25) is 0 Å². The summed E-state index contributed by atoms with van der Waals surface area (Å²) in [5.74, 6) is 0.681. The number of nitrogens with zero attached hydrogens (tertiary/aromatic N) is 3. The van der Waals surface area contributed by atoms with Gasteiger partial charge in [-0.15, -0.1) is 11.8 Å². The van der Waals surface area contributed by atoms with Crippen LogP contribution in [0, 0.1) is 11.3 Å². The molecule has 5 nitrogen and oxygen atoms in total. The number of benzene rings is 1. The molecule has 3 rings (SSSR count). The summed E-state index contributed by atoms with van der Waals surface area (Å²) >= 11 is 1.52. The molecule has 0 atom stereocenters. The minimum atomic E-state index is -3.41. The molecule has 0 radical (unpaired) electrons. The van der Waals surface area contributed by atoms with Crippen molar-refractivity contribution in [2.24, 2.45) is 0 Å². The van der Waals surface area contributed by atoms with E-state index in [-0.39, 0.29) is 4.90 Å². The van der Waals surface area contributed by atoms with Gasteiger partial charge in [-0.1, -0.05) is 12.1 Å². The molecule has 0 bridgehead atoms. The van der Waals surface area contributed by atoms with Crippen molar-refractivity contribution in [2.45, 2.75) is 28.5 Å². The summed E-state index contributed by atoms with van der Waals surface area (Å²) in [5, 5.41) is 9.68. The Labute approximate surface area is 146 Å². The summed E-state index contributed by atoms with van der Waals surface area (Å²) in [6, 6.07) is 12.9. The molecular formula is C17H17N3O2S2. The highest BCUT2D eigenvalue weighted by atomic mass is 32.2. The fourth-order valence-corrected chi connectivity index (χ4v) is 4.82. The van der Waals surface area contributed by atoms with Crippen LogP contribution in [0.4, 0.5) is 0 Å². The number of thioether (sulfide) groups is 1. The van der Waals surface area contributed by atoms with Gasteiger partial charge in [0.15, 0.2) is 0 Å². The summed E-state index contributed by atoms with van der Waals surface area (Å²) in [4.78, 5) is 4.52. The lowest BCUT2D eigenvalue weighted by Crippen LogP contribution is -2.27. The van der Waals surface area contributed by atoms with Crippen molar-refractivity contribution in [2.75, 3.05) is 13.1 Å². The van der Waals surface area contributed by atoms with E-state index in [0.717, 1.165) is 23.4 Å². The fraction of sp³-hybridized carbons (Fsp3) is 0.294. The zero-order chi connectivity index (χ0) is 17.0. The van der Waals surface area contributed by atoms with Crippen LogP contribution in [0.1, 0.15) is 24.0 Å². The summed E-state index contributed by atoms with van der Waals surface area (Å²) in [7, 11) is -3.41. The van der Waals surface area contributed by atoms with Crippen molar-refractivity contribution in [1.82, 2.24) is 9.29 Å². The first-order chi connectivity index (χ1) is 11.6. The Bertz CT molecular complexity index is 852. The van der Waals surface area contributed by atoms with Gasteiger partial charge in [0.2, 0.25) is 10.0 Å². The van der Waals surface area contributed by atoms with E-state index in [0.29, 0.717) is 24.4 Å². The van der Waals surface area contributed by atoms with E-state index in [1.807, 2.05) is 18.2 Å². The second-order valence-electron chi connectivity index (χ2n) is 5.54. The van der Waals surface area contributed by atoms with Crippen molar-refractivity contribution in [1.29, 1.82) is 5.26 Å². The Hall–Kier alpha value is -1.88. The molecule has 1 fully saturated rings. The molecule has 124 valence electrons. The first-order valence-corrected chi connectivity index (χ1v) is 10.1. The van der Waals surface area contributed by atoms with E-state index in [1.165, 1.54) is 22.3 Å². The van der Waals surface area contributed by atoms with Crippen LogP contribution in [0.5, 0.6) is 0 Å². The second-order valence-corrected chi connectivity index (χ2v) is 8.48. The maximum Gasteiger partial charge on any atom is 0.244 e. The molecule has 1 aliphatic heterocycles. The molecule has 0 saturated carbocycles. The standard InChI is InChI=1S/C17H17N3O2S2/c18-11-14-4-3-5-15(10-14)13-23-17-7-6-16(12-19-17)24(21,22)20-8-1-2-9-20/h3-7,10,12H,1-2,8-9,13H2. The normalized spacial score (nSPS) is 15.3. The number of rotatable bonds is 5. The minimum Gasteiger partial charge on any atom is -0.249 e. The summed E-state index contributed by atoms with van der Waals surface area (Å²) in [6.45, 7) is 1.18. The first kappa shape index (κ1) is 17.0. The number of aromatic nitrogens is 1. The molecule has 1 saturated heterocycles. The smallest absolute Gasteiger partial charge is 0.244 e. The van der Waals surface area contributed by atoms with Gasteiger partial charge in [-0.05, 0) is 42.7 Å². The van der Waals surface area contributed by atoms with Crippen molar-refractivity contribution in [3.63, 3.8) is 0 Å². The zero-order valence-corrected chi connectivity index (χ0v) is 14.7. The average Bonchev–Trinajstić information content (AvgIpc) is 3.16. The zero-order valence-electron chi connectivity index (χ0n) is 13.1. The third kappa shape index (κ3) is 3.78. The van der Waals surface area contributed by atoms with E-state index in [1.54, 1.807) is 18.2 Å². The number of pyridine rings is 1. The molecular weight excluding hydrogens is 342 g/mol. The summed E-state index contributed by atoms with van der Waals surface area (Å²) in [5.41, 5.74) is 1.67. The van der Waals surface area contributed by atoms with Crippen molar-refractivity contribution in [3.05, 3.63) is 53.7 Å². The Morgan fingerprint density at radius 2 is 2.00 bits per heavy atom. The van der Waals surface area contributed by atoms with Crippen LogP contribution in [0.25, 0.3) is 0 Å². The number of sulfonamides is 1. The number of nitriles is 1. The van der Waals surface area contributed by atoms with Crippen molar-refractivity contribution in [3.8, 4) is 6.07 Å². The molecule has 24 heavy (non-hydrogen) atoms. The van der Waals surface area contributed by atoms with Crippen LogP contribution < -0.4 is 0 Å². The van der Waals surface area contributed by atoms with Crippen LogP contribution in [0.2, 0.25) is 0 Å². The van der Waals surface area contributed by atoms with E-state index in [4.69, 9.17) is 5.26 Å². The molecule has 1 aromatic heterocycles. The average molecular weight is 359 g/mol. The van der Waals surface area contributed by atoms with Gasteiger partial charge in [0.1, 0.15) is 4.90 Å². The highest BCUT2D eigenvalue weighted by Gasteiger charge is 2.27. The SMILES string of the molecule is N#Cc1cccc(CSc2ccc(S(=O)(=O)N3CCCC3)cn2)c1. The fourth-order valence-electron chi connectivity index (χ4n) is 2.57. The lowest BCUT2D eigenvalue weighted by atomic mass is 10.2. The molecule has 0 N–H and O–H groups in total. The van der Waals surface area contributed by atoms with Gasteiger partial charge in [0.25, 0.3) is 0 Å². The predicted octanol–water partition coefficient (Wildman–Crippen LogP) is 3.03. The third-order valence-electron chi connectivity index (χ3n) is 3.85. The molecule has 0 unspecified atom stereocenters. The maximum absolute atomic E-state index is 12.4. The Morgan fingerprint density at radius 3 is 2.67 bits per heavy atom. The van der Waals surface area contributed by atoms with Gasteiger partial charge >= 0.3 is 0 Å². The number of hydrogen-bond donors (Lipinski definition) is 0. The molecule has 7 heteroatoms. The molecule has 1 aliphatic rings. The van der Waals surface area contributed by atoms with Crippen LogP contribution in [0.15, 0.2) is 52.5 Å². The topological polar surface area (TPSA) is 74.1 Å². The van der Waals surface area contributed by atoms with Crippen molar-refractivity contribution < 1.29 is 8.42 Å². The molecule has 2 heterocycles. The highest BCUT2D eigenvalue weighted by Crippen LogP contribution is 2.24. The molecule has 1 aromatic carbocycles. The van der Waals surface area contributed by atoms with Gasteiger partial charge in [0.05, 0.1) is 16.7 Å². The van der Waals surface area contributed by atoms with Crippen LogP contribution in [0.3, 0.4) is 0 Å². The third-order valence-corrected chi connectivity index (χ3v) is 6.75. The van der Waals surface area contributed by atoms with Crippen LogP contribution in [-0.4, -0.2) is 30.8 Å². The largest absolute Gasteiger partial charge is 0.249 e. The van der Waals surface area contributed by atoms with Crippen LogP contribution in [-0.2, 0) is 15.8 Å². The van der Waals surface area contributed by atoms with Gasteiger partial charge in [-0.25, -0.2) is 13.4 Å². The summed E-state index contributed by atoms with van der Waals surface area (Å²) < 4.78 is 26.4. The Balaban J connectivity index is 1.67. The van der Waals surface area contributed by atoms with E-state index in [2.05, 4.69) is 11.1 Å². The van der Waals surface area contributed by atoms with E-state index in [9.17, 15) is 8.42 Å². The maximum atomic E-state index is 12.4. The Morgan fingerprint density at radius 1 is 1.21 bits per heavy atom. The van der Waals surface area contributed by atoms with Gasteiger partial charge in [-0.2, -0.15) is 9.57 Å². The molecule has 0 spiro atoms. The van der Waals surface area contributed by atoms with E-state index >= 15 is 0 Å². The lowest BCUT2D eigenvalue weighted by Gasteiger charge is -2.15. The minimum absolute atomic E-state index is 0.250. The Kier molecular flexibility index (Phi) is 5.19. The summed E-state index contributed by atoms with van der Waals surface area (Å²) in [6.07, 6.45) is 3.27.